The van der Waals surface area contributed by atoms with Crippen molar-refractivity contribution in [1.82, 2.24) is 0 Å². The fourth-order valence-corrected chi connectivity index (χ4v) is 2.47. The summed E-state index contributed by atoms with van der Waals surface area (Å²) in [6.45, 7) is 5.55. The van der Waals surface area contributed by atoms with Crippen LogP contribution in [0.4, 0.5) is 0 Å². The molecule has 1 aromatic rings. The number of carboxylic acids is 1. The average Bonchev–Trinajstić information content (AvgIpc) is 2.63. The van der Waals surface area contributed by atoms with Gasteiger partial charge in [-0.25, -0.2) is 9.59 Å². The van der Waals surface area contributed by atoms with Crippen LogP contribution in [0.3, 0.4) is 0 Å². The molecule has 148 valence electrons. The Balaban J connectivity index is 2.64. The minimum Gasteiger partial charge on any atom is -0.481 e. The summed E-state index contributed by atoms with van der Waals surface area (Å²) in [5.41, 5.74) is -0.206. The lowest BCUT2D eigenvalue weighted by Crippen LogP contribution is -2.32. The monoisotopic (exact) mass is 376 g/mol. The van der Waals surface area contributed by atoms with Crippen LogP contribution in [0.15, 0.2) is 42.5 Å². The molecule has 0 aliphatic rings. The van der Waals surface area contributed by atoms with Gasteiger partial charge >= 0.3 is 17.9 Å². The molecule has 0 fully saturated rings. The zero-order valence-corrected chi connectivity index (χ0v) is 15.8. The number of esters is 2. The standard InChI is InChI=1S/C21H28O6/c1-3-4-5-6-7-11-14-18(27-20(24)16(2)15-19(22)23)21(25)26-17-12-9-8-10-13-17/h8-10,12-13,18H,2-7,11,14-15H2,1H3,(H,22,23). The van der Waals surface area contributed by atoms with Crippen molar-refractivity contribution >= 4 is 17.9 Å². The van der Waals surface area contributed by atoms with E-state index in [9.17, 15) is 14.4 Å². The van der Waals surface area contributed by atoms with Crippen molar-refractivity contribution in [3.8, 4) is 5.75 Å². The predicted molar refractivity (Wildman–Crippen MR) is 101 cm³/mol. The smallest absolute Gasteiger partial charge is 0.352 e. The SMILES string of the molecule is C=C(CC(=O)O)C(=O)OC(CCCCCCCC)C(=O)Oc1ccccc1. The van der Waals surface area contributed by atoms with Gasteiger partial charge in [0.15, 0.2) is 6.10 Å². The second-order valence-corrected chi connectivity index (χ2v) is 6.36. The first-order valence-corrected chi connectivity index (χ1v) is 9.31. The Kier molecular flexibility index (Phi) is 10.5. The summed E-state index contributed by atoms with van der Waals surface area (Å²) in [6.07, 6.45) is 4.83. The zero-order chi connectivity index (χ0) is 20.1. The number of unbranched alkanes of at least 4 members (excludes halogenated alkanes) is 5. The van der Waals surface area contributed by atoms with Crippen LogP contribution in [0, 0.1) is 0 Å². The van der Waals surface area contributed by atoms with Crippen molar-refractivity contribution in [1.29, 1.82) is 0 Å². The molecule has 6 heteroatoms. The number of benzene rings is 1. The molecule has 0 aliphatic carbocycles. The van der Waals surface area contributed by atoms with Gasteiger partial charge in [0.2, 0.25) is 0 Å². The summed E-state index contributed by atoms with van der Waals surface area (Å²) < 4.78 is 10.5. The van der Waals surface area contributed by atoms with E-state index in [2.05, 4.69) is 13.5 Å². The maximum Gasteiger partial charge on any atom is 0.352 e. The van der Waals surface area contributed by atoms with Crippen molar-refractivity contribution in [3.05, 3.63) is 42.5 Å². The highest BCUT2D eigenvalue weighted by Crippen LogP contribution is 2.16. The van der Waals surface area contributed by atoms with E-state index in [1.807, 2.05) is 0 Å². The second-order valence-electron chi connectivity index (χ2n) is 6.36. The maximum absolute atomic E-state index is 12.4. The number of rotatable bonds is 13. The molecule has 1 unspecified atom stereocenters. The first-order chi connectivity index (χ1) is 12.9. The van der Waals surface area contributed by atoms with Gasteiger partial charge in [0.1, 0.15) is 5.75 Å². The predicted octanol–water partition coefficient (Wildman–Crippen LogP) is 4.29. The van der Waals surface area contributed by atoms with E-state index in [0.29, 0.717) is 18.6 Å². The van der Waals surface area contributed by atoms with E-state index in [-0.39, 0.29) is 5.57 Å². The van der Waals surface area contributed by atoms with Gasteiger partial charge in [-0.1, -0.05) is 63.8 Å². The lowest BCUT2D eigenvalue weighted by Gasteiger charge is -2.17. The minimum atomic E-state index is -1.18. The normalized spacial score (nSPS) is 11.4. The second kappa shape index (κ2) is 12.7. The Morgan fingerprint density at radius 1 is 1.04 bits per heavy atom. The molecule has 0 saturated carbocycles. The summed E-state index contributed by atoms with van der Waals surface area (Å²) in [4.78, 5) is 35.2. The summed E-state index contributed by atoms with van der Waals surface area (Å²) in [5, 5.41) is 8.75. The molecule has 0 spiro atoms. The molecule has 1 rings (SSSR count). The fraction of sp³-hybridized carbons (Fsp3) is 0.476. The van der Waals surface area contributed by atoms with Crippen LogP contribution in [-0.2, 0) is 19.1 Å². The average molecular weight is 376 g/mol. The quantitative estimate of drug-likeness (QED) is 0.239. The zero-order valence-electron chi connectivity index (χ0n) is 15.8. The summed E-state index contributed by atoms with van der Waals surface area (Å²) >= 11 is 0. The Morgan fingerprint density at radius 2 is 1.67 bits per heavy atom. The highest BCUT2D eigenvalue weighted by Gasteiger charge is 2.26. The lowest BCUT2D eigenvalue weighted by atomic mass is 10.1. The van der Waals surface area contributed by atoms with Gasteiger partial charge in [-0.3, -0.25) is 4.79 Å². The largest absolute Gasteiger partial charge is 0.481 e. The first-order valence-electron chi connectivity index (χ1n) is 9.31. The van der Waals surface area contributed by atoms with Crippen molar-refractivity contribution in [2.24, 2.45) is 0 Å². The van der Waals surface area contributed by atoms with Gasteiger partial charge in [0.05, 0.1) is 6.42 Å². The number of aliphatic carboxylic acids is 1. The van der Waals surface area contributed by atoms with Crippen LogP contribution < -0.4 is 4.74 Å². The van der Waals surface area contributed by atoms with Crippen LogP contribution in [0.1, 0.15) is 58.3 Å². The molecule has 1 N–H and O–H groups in total. The molecule has 0 bridgehead atoms. The number of carbonyl (C=O) groups excluding carboxylic acids is 2. The van der Waals surface area contributed by atoms with E-state index >= 15 is 0 Å². The molecule has 6 nitrogen and oxygen atoms in total. The molecule has 1 aromatic carbocycles. The number of carboxylic acid groups (broad SMARTS) is 1. The molecule has 1 atom stereocenters. The summed E-state index contributed by atoms with van der Waals surface area (Å²) in [5.74, 6) is -2.39. The summed E-state index contributed by atoms with van der Waals surface area (Å²) in [7, 11) is 0. The van der Waals surface area contributed by atoms with Gasteiger partial charge < -0.3 is 14.6 Å². The fourth-order valence-electron chi connectivity index (χ4n) is 2.47. The Hall–Kier alpha value is -2.63. The Bertz CT molecular complexity index is 623. The van der Waals surface area contributed by atoms with E-state index in [1.54, 1.807) is 30.3 Å². The molecule has 0 aliphatic heterocycles. The molecule has 0 saturated heterocycles. The highest BCUT2D eigenvalue weighted by atomic mass is 16.6. The van der Waals surface area contributed by atoms with Crippen LogP contribution in [0.5, 0.6) is 5.75 Å². The first kappa shape index (κ1) is 22.4. The summed E-state index contributed by atoms with van der Waals surface area (Å²) in [6, 6.07) is 8.51. The van der Waals surface area contributed by atoms with E-state index in [4.69, 9.17) is 14.6 Å². The van der Waals surface area contributed by atoms with Crippen molar-refractivity contribution in [2.75, 3.05) is 0 Å². The number of ether oxygens (including phenoxy) is 2. The molecule has 27 heavy (non-hydrogen) atoms. The van der Waals surface area contributed by atoms with Crippen LogP contribution >= 0.6 is 0 Å². The molecule has 0 radical (unpaired) electrons. The topological polar surface area (TPSA) is 89.9 Å². The molecular weight excluding hydrogens is 348 g/mol. The van der Waals surface area contributed by atoms with Crippen molar-refractivity contribution < 1.29 is 29.0 Å². The number of hydrogen-bond acceptors (Lipinski definition) is 5. The number of carbonyl (C=O) groups is 3. The van der Waals surface area contributed by atoms with Gasteiger partial charge in [-0.2, -0.15) is 0 Å². The van der Waals surface area contributed by atoms with Crippen molar-refractivity contribution in [3.63, 3.8) is 0 Å². The lowest BCUT2D eigenvalue weighted by molar-refractivity contribution is -0.160. The van der Waals surface area contributed by atoms with Gasteiger partial charge in [-0.15, -0.1) is 0 Å². The molecular formula is C21H28O6. The number of hydrogen-bond donors (Lipinski definition) is 1. The minimum absolute atomic E-state index is 0.206. The molecule has 0 aromatic heterocycles. The van der Waals surface area contributed by atoms with E-state index < -0.39 is 30.4 Å². The Labute approximate surface area is 160 Å². The molecule has 0 amide bonds. The van der Waals surface area contributed by atoms with E-state index in [1.165, 1.54) is 6.42 Å². The van der Waals surface area contributed by atoms with Gasteiger partial charge in [0.25, 0.3) is 0 Å². The third kappa shape index (κ3) is 9.58. The van der Waals surface area contributed by atoms with Crippen molar-refractivity contribution in [2.45, 2.75) is 64.4 Å². The van der Waals surface area contributed by atoms with Gasteiger partial charge in [0, 0.05) is 5.57 Å². The third-order valence-electron chi connectivity index (χ3n) is 3.95. The Morgan fingerprint density at radius 3 is 2.30 bits per heavy atom. The van der Waals surface area contributed by atoms with Gasteiger partial charge in [-0.05, 0) is 25.0 Å². The highest BCUT2D eigenvalue weighted by molar-refractivity contribution is 5.94. The van der Waals surface area contributed by atoms with Crippen LogP contribution in [0.2, 0.25) is 0 Å². The van der Waals surface area contributed by atoms with E-state index in [0.717, 1.165) is 25.7 Å². The van der Waals surface area contributed by atoms with Crippen LogP contribution in [-0.4, -0.2) is 29.1 Å². The number of para-hydroxylation sites is 1. The molecule has 0 heterocycles. The third-order valence-corrected chi connectivity index (χ3v) is 3.95. The maximum atomic E-state index is 12.4. The van der Waals surface area contributed by atoms with Crippen LogP contribution in [0.25, 0.3) is 0 Å².